The van der Waals surface area contributed by atoms with Gasteiger partial charge in [-0.05, 0) is 35.3 Å². The van der Waals surface area contributed by atoms with Gasteiger partial charge in [0.2, 0.25) is 0 Å². The van der Waals surface area contributed by atoms with Crippen LogP contribution < -0.4 is 10.8 Å². The smallest absolute Gasteiger partial charge is 0.423 e. The van der Waals surface area contributed by atoms with Crippen molar-refractivity contribution in [3.63, 3.8) is 0 Å². The lowest BCUT2D eigenvalue weighted by atomic mass is 9.79. The van der Waals surface area contributed by atoms with Crippen LogP contribution in [-0.2, 0) is 6.54 Å². The van der Waals surface area contributed by atoms with Crippen molar-refractivity contribution in [2.45, 2.75) is 6.54 Å². The van der Waals surface area contributed by atoms with E-state index in [0.717, 1.165) is 11.3 Å². The average Bonchev–Trinajstić information content (AvgIpc) is 2.37. The fourth-order valence-electron chi connectivity index (χ4n) is 1.69. The van der Waals surface area contributed by atoms with Gasteiger partial charge in [-0.3, -0.25) is 0 Å². The Hall–Kier alpha value is -1.49. The number of hydrogen-bond acceptors (Lipinski definition) is 3. The zero-order valence-corrected chi connectivity index (χ0v) is 10.4. The van der Waals surface area contributed by atoms with E-state index < -0.39 is 7.12 Å². The van der Waals surface area contributed by atoms with Gasteiger partial charge in [0.25, 0.3) is 0 Å². The number of rotatable bonds is 4. The van der Waals surface area contributed by atoms with Gasteiger partial charge in [0.05, 0.1) is 0 Å². The van der Waals surface area contributed by atoms with Gasteiger partial charge in [-0.1, -0.05) is 35.9 Å². The molecule has 0 aromatic heterocycles. The second-order valence-electron chi connectivity index (χ2n) is 3.99. The lowest BCUT2D eigenvalue weighted by Gasteiger charge is -2.09. The summed E-state index contributed by atoms with van der Waals surface area (Å²) in [4.78, 5) is 0. The SMILES string of the molecule is OB(O)c1cc(Cl)cc(CNc2ccccc2)c1. The van der Waals surface area contributed by atoms with Crippen LogP contribution in [0.4, 0.5) is 5.69 Å². The monoisotopic (exact) mass is 261 g/mol. The van der Waals surface area contributed by atoms with Gasteiger partial charge in [0, 0.05) is 17.3 Å². The van der Waals surface area contributed by atoms with Crippen molar-refractivity contribution in [2.24, 2.45) is 0 Å². The Labute approximate surface area is 111 Å². The molecule has 18 heavy (non-hydrogen) atoms. The molecule has 0 saturated carbocycles. The molecule has 2 aromatic rings. The van der Waals surface area contributed by atoms with Gasteiger partial charge in [-0.15, -0.1) is 0 Å². The molecular weight excluding hydrogens is 248 g/mol. The standard InChI is InChI=1S/C13H13BClNO2/c15-12-7-10(6-11(8-12)14(17)18)9-16-13-4-2-1-3-5-13/h1-8,16-18H,9H2. The molecule has 0 unspecified atom stereocenters. The zero-order chi connectivity index (χ0) is 13.0. The van der Waals surface area contributed by atoms with Crippen LogP contribution in [-0.4, -0.2) is 17.2 Å². The minimum Gasteiger partial charge on any atom is -0.423 e. The molecule has 0 amide bonds. The molecule has 0 radical (unpaired) electrons. The first-order valence-corrected chi connectivity index (χ1v) is 5.97. The van der Waals surface area contributed by atoms with Gasteiger partial charge < -0.3 is 15.4 Å². The Balaban J connectivity index is 2.10. The molecule has 0 fully saturated rings. The lowest BCUT2D eigenvalue weighted by molar-refractivity contribution is 0.425. The molecule has 2 rings (SSSR count). The summed E-state index contributed by atoms with van der Waals surface area (Å²) in [5, 5.41) is 22.0. The van der Waals surface area contributed by atoms with E-state index in [0.29, 0.717) is 17.0 Å². The van der Waals surface area contributed by atoms with Gasteiger partial charge in [-0.2, -0.15) is 0 Å². The third-order valence-corrected chi connectivity index (χ3v) is 2.77. The van der Waals surface area contributed by atoms with Crippen molar-refractivity contribution < 1.29 is 10.0 Å². The van der Waals surface area contributed by atoms with Gasteiger partial charge in [0.1, 0.15) is 0 Å². The third kappa shape index (κ3) is 3.50. The van der Waals surface area contributed by atoms with E-state index in [1.807, 2.05) is 30.3 Å². The molecule has 0 saturated heterocycles. The van der Waals surface area contributed by atoms with Crippen LogP contribution in [0.25, 0.3) is 0 Å². The van der Waals surface area contributed by atoms with Crippen LogP contribution >= 0.6 is 11.6 Å². The predicted octanol–water partition coefficient (Wildman–Crippen LogP) is 1.63. The van der Waals surface area contributed by atoms with Crippen LogP contribution in [0.5, 0.6) is 0 Å². The first-order chi connectivity index (χ1) is 8.65. The summed E-state index contributed by atoms with van der Waals surface area (Å²) in [5.74, 6) is 0. The normalized spacial score (nSPS) is 10.2. The Morgan fingerprint density at radius 1 is 1.06 bits per heavy atom. The summed E-state index contributed by atoms with van der Waals surface area (Å²) < 4.78 is 0. The molecular formula is C13H13BClNO2. The highest BCUT2D eigenvalue weighted by Crippen LogP contribution is 2.12. The second-order valence-corrected chi connectivity index (χ2v) is 4.42. The first kappa shape index (κ1) is 13.0. The summed E-state index contributed by atoms with van der Waals surface area (Å²) >= 11 is 5.93. The summed E-state index contributed by atoms with van der Waals surface area (Å²) in [7, 11) is -1.50. The van der Waals surface area contributed by atoms with Crippen molar-refractivity contribution >= 4 is 29.9 Å². The number of hydrogen-bond donors (Lipinski definition) is 3. The van der Waals surface area contributed by atoms with Crippen molar-refractivity contribution in [2.75, 3.05) is 5.32 Å². The molecule has 92 valence electrons. The number of para-hydroxylation sites is 1. The quantitative estimate of drug-likeness (QED) is 0.733. The van der Waals surface area contributed by atoms with E-state index >= 15 is 0 Å². The van der Waals surface area contributed by atoms with Crippen LogP contribution in [0.1, 0.15) is 5.56 Å². The van der Waals surface area contributed by atoms with E-state index in [1.165, 1.54) is 6.07 Å². The molecule has 0 spiro atoms. The molecule has 2 aromatic carbocycles. The molecule has 0 heterocycles. The highest BCUT2D eigenvalue weighted by molar-refractivity contribution is 6.59. The number of anilines is 1. The van der Waals surface area contributed by atoms with Gasteiger partial charge in [-0.25, -0.2) is 0 Å². The average molecular weight is 262 g/mol. The van der Waals surface area contributed by atoms with E-state index in [9.17, 15) is 0 Å². The topological polar surface area (TPSA) is 52.5 Å². The van der Waals surface area contributed by atoms with Crippen LogP contribution in [0.3, 0.4) is 0 Å². The molecule has 0 atom stereocenters. The lowest BCUT2D eigenvalue weighted by Crippen LogP contribution is -2.30. The van der Waals surface area contributed by atoms with Crippen molar-refractivity contribution in [3.05, 3.63) is 59.1 Å². The summed E-state index contributed by atoms with van der Waals surface area (Å²) in [6.45, 7) is 0.574. The predicted molar refractivity (Wildman–Crippen MR) is 75.0 cm³/mol. The molecule has 0 aliphatic rings. The largest absolute Gasteiger partial charge is 0.488 e. The van der Waals surface area contributed by atoms with Crippen LogP contribution in [0.15, 0.2) is 48.5 Å². The highest BCUT2D eigenvalue weighted by Gasteiger charge is 2.12. The molecule has 5 heteroatoms. The Bertz CT molecular complexity index is 520. The van der Waals surface area contributed by atoms with Crippen molar-refractivity contribution in [1.82, 2.24) is 0 Å². The van der Waals surface area contributed by atoms with Crippen LogP contribution in [0.2, 0.25) is 5.02 Å². The minimum absolute atomic E-state index is 0.396. The minimum atomic E-state index is -1.50. The van der Waals surface area contributed by atoms with Gasteiger partial charge in [0.15, 0.2) is 0 Å². The number of halogens is 1. The van der Waals surface area contributed by atoms with Gasteiger partial charge >= 0.3 is 7.12 Å². The summed E-state index contributed by atoms with van der Waals surface area (Å²) in [6.07, 6.45) is 0. The van der Waals surface area contributed by atoms with E-state index in [2.05, 4.69) is 5.32 Å². The summed E-state index contributed by atoms with van der Waals surface area (Å²) in [6, 6.07) is 14.8. The fraction of sp³-hybridized carbons (Fsp3) is 0.0769. The van der Waals surface area contributed by atoms with Crippen molar-refractivity contribution in [3.8, 4) is 0 Å². The molecule has 3 N–H and O–H groups in total. The fourth-order valence-corrected chi connectivity index (χ4v) is 1.95. The molecule has 0 aliphatic carbocycles. The highest BCUT2D eigenvalue weighted by atomic mass is 35.5. The van der Waals surface area contributed by atoms with E-state index in [4.69, 9.17) is 21.6 Å². The maximum absolute atomic E-state index is 9.13. The molecule has 0 bridgehead atoms. The first-order valence-electron chi connectivity index (χ1n) is 5.59. The summed E-state index contributed by atoms with van der Waals surface area (Å²) in [5.41, 5.74) is 2.30. The maximum Gasteiger partial charge on any atom is 0.488 e. The maximum atomic E-state index is 9.13. The Morgan fingerprint density at radius 2 is 1.78 bits per heavy atom. The number of benzene rings is 2. The molecule has 0 aliphatic heterocycles. The second kappa shape index (κ2) is 5.91. The van der Waals surface area contributed by atoms with Crippen LogP contribution in [0, 0.1) is 0 Å². The van der Waals surface area contributed by atoms with E-state index in [1.54, 1.807) is 12.1 Å². The Morgan fingerprint density at radius 3 is 2.44 bits per heavy atom. The Kier molecular flexibility index (Phi) is 4.26. The van der Waals surface area contributed by atoms with E-state index in [-0.39, 0.29) is 0 Å². The van der Waals surface area contributed by atoms with Crippen molar-refractivity contribution in [1.29, 1.82) is 0 Å². The third-order valence-electron chi connectivity index (χ3n) is 2.55. The zero-order valence-electron chi connectivity index (χ0n) is 9.68. The number of nitrogens with one attached hydrogen (secondary N) is 1. The molecule has 3 nitrogen and oxygen atoms in total.